The van der Waals surface area contributed by atoms with E-state index in [1.54, 1.807) is 13.3 Å². The van der Waals surface area contributed by atoms with Crippen LogP contribution in [0.1, 0.15) is 5.56 Å². The highest BCUT2D eigenvalue weighted by molar-refractivity contribution is 7.13. The van der Waals surface area contributed by atoms with E-state index in [9.17, 15) is 0 Å². The quantitative estimate of drug-likeness (QED) is 0.653. The zero-order valence-corrected chi connectivity index (χ0v) is 10.8. The molecule has 18 heavy (non-hydrogen) atoms. The van der Waals surface area contributed by atoms with Gasteiger partial charge >= 0.3 is 0 Å². The molecule has 0 saturated heterocycles. The zero-order chi connectivity index (χ0) is 12.8. The lowest BCUT2D eigenvalue weighted by atomic mass is 10.2. The first-order valence-corrected chi connectivity index (χ1v) is 6.25. The molecule has 0 aliphatic rings. The van der Waals surface area contributed by atoms with Crippen molar-refractivity contribution in [3.05, 3.63) is 41.4 Å². The van der Waals surface area contributed by atoms with Crippen molar-refractivity contribution in [2.24, 2.45) is 10.7 Å². The second-order valence-corrected chi connectivity index (χ2v) is 4.41. The number of ether oxygens (including phenoxy) is 1. The summed E-state index contributed by atoms with van der Waals surface area (Å²) in [6, 6.07) is 7.71. The van der Waals surface area contributed by atoms with Gasteiger partial charge in [0, 0.05) is 11.6 Å². The molecule has 1 aromatic heterocycles. The Morgan fingerprint density at radius 2 is 2.22 bits per heavy atom. The first-order chi connectivity index (χ1) is 8.78. The first kappa shape index (κ1) is 12.4. The molecule has 0 saturated carbocycles. The summed E-state index contributed by atoms with van der Waals surface area (Å²) in [4.78, 5) is 8.30. The summed E-state index contributed by atoms with van der Waals surface area (Å²) in [6.07, 6.45) is 1.71. The third-order valence-electron chi connectivity index (χ3n) is 2.26. The average Bonchev–Trinajstić information content (AvgIpc) is 2.90. The molecule has 0 aliphatic carbocycles. The molecule has 2 rings (SSSR count). The molecule has 3 N–H and O–H groups in total. The summed E-state index contributed by atoms with van der Waals surface area (Å²) >= 11 is 1.48. The van der Waals surface area contributed by atoms with Gasteiger partial charge in [-0.25, -0.2) is 9.98 Å². The molecule has 2 aromatic rings. The molecule has 0 atom stereocenters. The number of benzene rings is 1. The van der Waals surface area contributed by atoms with Crippen LogP contribution in [-0.4, -0.2) is 18.1 Å². The number of nitrogens with zero attached hydrogens (tertiary/aromatic N) is 2. The summed E-state index contributed by atoms with van der Waals surface area (Å²) in [5, 5.41) is 5.54. The van der Waals surface area contributed by atoms with Gasteiger partial charge in [-0.05, 0) is 17.7 Å². The monoisotopic (exact) mass is 262 g/mol. The van der Waals surface area contributed by atoms with Crippen LogP contribution in [0.5, 0.6) is 5.75 Å². The smallest absolute Gasteiger partial charge is 0.195 e. The van der Waals surface area contributed by atoms with Crippen LogP contribution in [0.15, 0.2) is 40.8 Å². The number of methoxy groups -OCH3 is 1. The molecule has 0 spiro atoms. The van der Waals surface area contributed by atoms with Crippen LogP contribution in [0.2, 0.25) is 0 Å². The molecule has 1 aromatic carbocycles. The molecule has 0 fully saturated rings. The molecule has 0 bridgehead atoms. The van der Waals surface area contributed by atoms with Crippen molar-refractivity contribution in [1.29, 1.82) is 0 Å². The van der Waals surface area contributed by atoms with E-state index in [1.807, 2.05) is 29.6 Å². The van der Waals surface area contributed by atoms with Crippen molar-refractivity contribution < 1.29 is 4.74 Å². The molecule has 0 aliphatic heterocycles. The van der Waals surface area contributed by atoms with Crippen molar-refractivity contribution >= 4 is 22.4 Å². The maximum Gasteiger partial charge on any atom is 0.195 e. The van der Waals surface area contributed by atoms with Gasteiger partial charge in [0.05, 0.1) is 13.7 Å². The van der Waals surface area contributed by atoms with Crippen LogP contribution in [0.4, 0.5) is 5.13 Å². The Morgan fingerprint density at radius 1 is 1.44 bits per heavy atom. The molecule has 6 heteroatoms. The molecule has 1 heterocycles. The van der Waals surface area contributed by atoms with Gasteiger partial charge in [0.1, 0.15) is 5.75 Å². The Bertz CT molecular complexity index is 507. The zero-order valence-electron chi connectivity index (χ0n) is 9.96. The second kappa shape index (κ2) is 6.02. The lowest BCUT2D eigenvalue weighted by molar-refractivity contribution is 0.414. The number of aromatic nitrogens is 1. The van der Waals surface area contributed by atoms with Gasteiger partial charge in [0.15, 0.2) is 11.1 Å². The third-order valence-corrected chi connectivity index (χ3v) is 2.95. The van der Waals surface area contributed by atoms with Crippen LogP contribution in [0.25, 0.3) is 0 Å². The standard InChI is InChI=1S/C12H14N4OS/c1-17-10-4-2-9(3-5-10)8-15-11(13)16-12-14-6-7-18-12/h2-7H,8H2,1H3,(H3,13,14,15,16). The fraction of sp³-hybridized carbons (Fsp3) is 0.167. The molecule has 0 amide bonds. The van der Waals surface area contributed by atoms with E-state index in [0.29, 0.717) is 12.5 Å². The highest BCUT2D eigenvalue weighted by Gasteiger charge is 1.97. The van der Waals surface area contributed by atoms with Gasteiger partial charge in [-0.3, -0.25) is 0 Å². The highest BCUT2D eigenvalue weighted by Crippen LogP contribution is 2.12. The number of nitrogens with one attached hydrogen (secondary N) is 1. The molecule has 94 valence electrons. The summed E-state index contributed by atoms with van der Waals surface area (Å²) < 4.78 is 5.09. The Morgan fingerprint density at radius 3 is 2.83 bits per heavy atom. The van der Waals surface area contributed by atoms with Crippen LogP contribution in [0, 0.1) is 0 Å². The predicted octanol–water partition coefficient (Wildman–Crippen LogP) is 2.08. The third kappa shape index (κ3) is 3.46. The van der Waals surface area contributed by atoms with Crippen LogP contribution in [-0.2, 0) is 6.54 Å². The number of rotatable bonds is 4. The normalized spacial score (nSPS) is 11.3. The summed E-state index contributed by atoms with van der Waals surface area (Å²) in [7, 11) is 1.64. The fourth-order valence-corrected chi connectivity index (χ4v) is 1.88. The maximum atomic E-state index is 5.75. The largest absolute Gasteiger partial charge is 0.497 e. The number of thiazole rings is 1. The van der Waals surface area contributed by atoms with Crippen molar-refractivity contribution in [3.63, 3.8) is 0 Å². The average molecular weight is 262 g/mol. The Balaban J connectivity index is 1.92. The van der Waals surface area contributed by atoms with E-state index in [0.717, 1.165) is 16.4 Å². The SMILES string of the molecule is COc1ccc(CN=C(N)Nc2nccs2)cc1. The lowest BCUT2D eigenvalue weighted by Crippen LogP contribution is -2.22. The molecular formula is C12H14N4OS. The van der Waals surface area contributed by atoms with Crippen molar-refractivity contribution in [2.75, 3.05) is 12.4 Å². The molecule has 0 radical (unpaired) electrons. The van der Waals surface area contributed by atoms with Gasteiger partial charge < -0.3 is 15.8 Å². The lowest BCUT2D eigenvalue weighted by Gasteiger charge is -2.03. The van der Waals surface area contributed by atoms with E-state index in [2.05, 4.69) is 15.3 Å². The number of aliphatic imine (C=N–C) groups is 1. The number of guanidine groups is 1. The molecule has 5 nitrogen and oxygen atoms in total. The van der Waals surface area contributed by atoms with Crippen LogP contribution in [0.3, 0.4) is 0 Å². The van der Waals surface area contributed by atoms with Gasteiger partial charge in [-0.15, -0.1) is 11.3 Å². The van der Waals surface area contributed by atoms with Crippen LogP contribution < -0.4 is 15.8 Å². The first-order valence-electron chi connectivity index (χ1n) is 5.37. The van der Waals surface area contributed by atoms with E-state index >= 15 is 0 Å². The Hall–Kier alpha value is -2.08. The van der Waals surface area contributed by atoms with Crippen LogP contribution >= 0.6 is 11.3 Å². The van der Waals surface area contributed by atoms with Gasteiger partial charge in [0.2, 0.25) is 0 Å². The van der Waals surface area contributed by atoms with Gasteiger partial charge in [-0.2, -0.15) is 0 Å². The van der Waals surface area contributed by atoms with E-state index in [4.69, 9.17) is 10.5 Å². The van der Waals surface area contributed by atoms with Crippen molar-refractivity contribution in [1.82, 2.24) is 4.98 Å². The fourth-order valence-electron chi connectivity index (χ4n) is 1.34. The number of anilines is 1. The van der Waals surface area contributed by atoms with E-state index in [-0.39, 0.29) is 0 Å². The number of nitrogens with two attached hydrogens (primary N) is 1. The number of hydrogen-bond acceptors (Lipinski definition) is 4. The van der Waals surface area contributed by atoms with E-state index < -0.39 is 0 Å². The topological polar surface area (TPSA) is 72.5 Å². The minimum absolute atomic E-state index is 0.362. The van der Waals surface area contributed by atoms with Crippen molar-refractivity contribution in [2.45, 2.75) is 6.54 Å². The minimum Gasteiger partial charge on any atom is -0.497 e. The summed E-state index contributed by atoms with van der Waals surface area (Å²) in [5.74, 6) is 1.19. The maximum absolute atomic E-state index is 5.75. The Kier molecular flexibility index (Phi) is 4.14. The minimum atomic E-state index is 0.362. The summed E-state index contributed by atoms with van der Waals surface area (Å²) in [5.41, 5.74) is 6.82. The van der Waals surface area contributed by atoms with Gasteiger partial charge in [0.25, 0.3) is 0 Å². The summed E-state index contributed by atoms with van der Waals surface area (Å²) in [6.45, 7) is 0.522. The second-order valence-electron chi connectivity index (χ2n) is 3.51. The van der Waals surface area contributed by atoms with Crippen molar-refractivity contribution in [3.8, 4) is 5.75 Å². The molecular weight excluding hydrogens is 248 g/mol. The Labute approximate surface area is 109 Å². The molecule has 0 unspecified atom stereocenters. The van der Waals surface area contributed by atoms with E-state index in [1.165, 1.54) is 11.3 Å². The number of hydrogen-bond donors (Lipinski definition) is 2. The highest BCUT2D eigenvalue weighted by atomic mass is 32.1. The van der Waals surface area contributed by atoms with Gasteiger partial charge in [-0.1, -0.05) is 12.1 Å². The predicted molar refractivity (Wildman–Crippen MR) is 74.1 cm³/mol.